The van der Waals surface area contributed by atoms with Gasteiger partial charge in [0.1, 0.15) is 6.04 Å². The lowest BCUT2D eigenvalue weighted by atomic mass is 10.3. The minimum atomic E-state index is -1.26. The van der Waals surface area contributed by atoms with E-state index in [9.17, 15) is 19.2 Å². The van der Waals surface area contributed by atoms with Crippen LogP contribution in [0.5, 0.6) is 0 Å². The maximum atomic E-state index is 11.4. The van der Waals surface area contributed by atoms with Crippen LogP contribution in [0, 0.1) is 6.92 Å². The lowest BCUT2D eigenvalue weighted by molar-refractivity contribution is -0.140. The molecule has 0 fully saturated rings. The lowest BCUT2D eigenvalue weighted by Crippen LogP contribution is -2.41. The van der Waals surface area contributed by atoms with Gasteiger partial charge in [-0.1, -0.05) is 0 Å². The van der Waals surface area contributed by atoms with Crippen molar-refractivity contribution in [3.8, 4) is 0 Å². The first-order valence-electron chi connectivity index (χ1n) is 5.68. The second kappa shape index (κ2) is 7.53. The van der Waals surface area contributed by atoms with Gasteiger partial charge in [-0.2, -0.15) is 0 Å². The number of carboxylic acid groups (broad SMARTS) is 1. The zero-order chi connectivity index (χ0) is 16.0. The molecule has 0 radical (unpaired) electrons. The third-order valence-corrected chi connectivity index (χ3v) is 3.05. The van der Waals surface area contributed by atoms with Gasteiger partial charge < -0.3 is 24.0 Å². The summed E-state index contributed by atoms with van der Waals surface area (Å²) in [5.41, 5.74) is 0. The van der Waals surface area contributed by atoms with E-state index >= 15 is 0 Å². The maximum Gasteiger partial charge on any atom is 0.519 e. The molecule has 0 aliphatic heterocycles. The molecule has 1 aromatic rings. The van der Waals surface area contributed by atoms with Crippen molar-refractivity contribution in [2.45, 2.75) is 26.5 Å². The standard InChI is InChI=1S/C11H13NO8S/c1-5-8(20-10(16)19-5)3-18-11(17)21-4-7(9(14)15)12-6(2)13/h7H,3-4H2,1-2H3,(H,12,13)(H,14,15)/t7-/m1/s1. The van der Waals surface area contributed by atoms with Crippen molar-refractivity contribution < 1.29 is 33.1 Å². The van der Waals surface area contributed by atoms with Crippen LogP contribution >= 0.6 is 11.8 Å². The van der Waals surface area contributed by atoms with Crippen LogP contribution in [-0.2, 0) is 20.9 Å². The fourth-order valence-electron chi connectivity index (χ4n) is 1.24. The molecule has 1 heterocycles. The van der Waals surface area contributed by atoms with Crippen LogP contribution in [0.3, 0.4) is 0 Å². The molecule has 0 aliphatic rings. The molecule has 21 heavy (non-hydrogen) atoms. The fourth-order valence-corrected chi connectivity index (χ4v) is 1.91. The van der Waals surface area contributed by atoms with Gasteiger partial charge in [0.05, 0.1) is 0 Å². The van der Waals surface area contributed by atoms with Crippen LogP contribution in [-0.4, -0.2) is 34.1 Å². The van der Waals surface area contributed by atoms with E-state index in [1.165, 1.54) is 13.8 Å². The van der Waals surface area contributed by atoms with E-state index in [1.54, 1.807) is 0 Å². The highest BCUT2D eigenvalue weighted by Gasteiger charge is 2.21. The number of ether oxygens (including phenoxy) is 1. The third-order valence-electron chi connectivity index (χ3n) is 2.20. The van der Waals surface area contributed by atoms with Crippen LogP contribution in [0.1, 0.15) is 18.4 Å². The number of carboxylic acids is 1. The Balaban J connectivity index is 2.42. The van der Waals surface area contributed by atoms with Gasteiger partial charge in [-0.05, 0) is 18.7 Å². The summed E-state index contributed by atoms with van der Waals surface area (Å²) in [7, 11) is 0. The first-order valence-corrected chi connectivity index (χ1v) is 6.67. The van der Waals surface area contributed by atoms with Gasteiger partial charge in [0.2, 0.25) is 5.91 Å². The molecule has 10 heteroatoms. The fraction of sp³-hybridized carbons (Fsp3) is 0.455. The van der Waals surface area contributed by atoms with E-state index in [-0.39, 0.29) is 23.9 Å². The number of rotatable bonds is 6. The van der Waals surface area contributed by atoms with Crippen molar-refractivity contribution in [2.24, 2.45) is 0 Å². The molecule has 1 rings (SSSR count). The second-order valence-corrected chi connectivity index (χ2v) is 4.83. The van der Waals surface area contributed by atoms with Gasteiger partial charge in [0.15, 0.2) is 18.1 Å². The Bertz CT molecular complexity index is 589. The number of carbonyl (C=O) groups excluding carboxylic acids is 2. The zero-order valence-corrected chi connectivity index (χ0v) is 12.0. The average molecular weight is 319 g/mol. The van der Waals surface area contributed by atoms with Crippen LogP contribution in [0.4, 0.5) is 4.79 Å². The Kier molecular flexibility index (Phi) is 6.03. The van der Waals surface area contributed by atoms with E-state index in [2.05, 4.69) is 14.2 Å². The van der Waals surface area contributed by atoms with Gasteiger partial charge in [-0.15, -0.1) is 0 Å². The monoisotopic (exact) mass is 319 g/mol. The minimum Gasteiger partial charge on any atom is -0.480 e. The summed E-state index contributed by atoms with van der Waals surface area (Å²) in [5, 5.41) is 10.3. The molecule has 0 bridgehead atoms. The number of amides is 1. The van der Waals surface area contributed by atoms with Crippen LogP contribution in [0.2, 0.25) is 0 Å². The number of thioether (sulfide) groups is 1. The highest BCUT2D eigenvalue weighted by Crippen LogP contribution is 2.12. The quantitative estimate of drug-likeness (QED) is 0.718. The minimum absolute atomic E-state index is 0.0746. The summed E-state index contributed by atoms with van der Waals surface area (Å²) < 4.78 is 14.0. The summed E-state index contributed by atoms with van der Waals surface area (Å²) in [4.78, 5) is 43.8. The molecule has 2 N–H and O–H groups in total. The highest BCUT2D eigenvalue weighted by atomic mass is 32.2. The van der Waals surface area contributed by atoms with E-state index in [0.717, 1.165) is 0 Å². The Morgan fingerprint density at radius 1 is 1.38 bits per heavy atom. The number of aliphatic carboxylic acids is 1. The Hall–Kier alpha value is -2.23. The molecule has 0 saturated heterocycles. The Morgan fingerprint density at radius 2 is 2.05 bits per heavy atom. The average Bonchev–Trinajstić information content (AvgIpc) is 2.69. The summed E-state index contributed by atoms with van der Waals surface area (Å²) in [5.74, 6) is -2.61. The molecule has 0 aromatic carbocycles. The van der Waals surface area contributed by atoms with Crippen molar-refractivity contribution in [3.63, 3.8) is 0 Å². The molecular formula is C11H13NO8S. The van der Waals surface area contributed by atoms with Crippen molar-refractivity contribution in [1.82, 2.24) is 5.32 Å². The highest BCUT2D eigenvalue weighted by molar-refractivity contribution is 8.13. The molecule has 0 unspecified atom stereocenters. The molecule has 0 saturated carbocycles. The van der Waals surface area contributed by atoms with Crippen molar-refractivity contribution in [1.29, 1.82) is 0 Å². The molecule has 1 atom stereocenters. The van der Waals surface area contributed by atoms with E-state index in [0.29, 0.717) is 11.8 Å². The molecule has 1 aromatic heterocycles. The topological polar surface area (TPSA) is 136 Å². The van der Waals surface area contributed by atoms with Crippen LogP contribution in [0.25, 0.3) is 0 Å². The molecule has 116 valence electrons. The first kappa shape index (κ1) is 16.8. The van der Waals surface area contributed by atoms with Crippen LogP contribution in [0.15, 0.2) is 13.6 Å². The maximum absolute atomic E-state index is 11.4. The zero-order valence-electron chi connectivity index (χ0n) is 11.2. The smallest absolute Gasteiger partial charge is 0.480 e. The Morgan fingerprint density at radius 3 is 2.52 bits per heavy atom. The predicted molar refractivity (Wildman–Crippen MR) is 69.9 cm³/mol. The second-order valence-electron chi connectivity index (χ2n) is 3.87. The molecule has 0 aliphatic carbocycles. The largest absolute Gasteiger partial charge is 0.519 e. The third kappa shape index (κ3) is 5.73. The predicted octanol–water partition coefficient (Wildman–Crippen LogP) is 0.500. The van der Waals surface area contributed by atoms with Crippen molar-refractivity contribution >= 4 is 28.9 Å². The van der Waals surface area contributed by atoms with Crippen molar-refractivity contribution in [2.75, 3.05) is 5.75 Å². The first-order chi connectivity index (χ1) is 9.79. The SMILES string of the molecule is CC(=O)N[C@H](CSC(=O)OCc1oc(=O)oc1C)C(=O)O. The van der Waals surface area contributed by atoms with Gasteiger partial charge in [-0.3, -0.25) is 4.79 Å². The van der Waals surface area contributed by atoms with E-state index in [1.807, 2.05) is 0 Å². The number of carbonyl (C=O) groups is 3. The summed E-state index contributed by atoms with van der Waals surface area (Å²) in [6, 6.07) is -1.20. The molecule has 0 spiro atoms. The van der Waals surface area contributed by atoms with E-state index < -0.39 is 29.0 Å². The molecular weight excluding hydrogens is 306 g/mol. The number of aryl methyl sites for hydroxylation is 1. The van der Waals surface area contributed by atoms with Gasteiger partial charge in [0, 0.05) is 12.7 Å². The molecule has 9 nitrogen and oxygen atoms in total. The summed E-state index contributed by atoms with van der Waals surface area (Å²) >= 11 is 0.580. The number of nitrogens with one attached hydrogen (secondary N) is 1. The Labute approximate surface area is 122 Å². The van der Waals surface area contributed by atoms with Gasteiger partial charge >= 0.3 is 17.1 Å². The molecule has 1 amide bonds. The number of hydrogen-bond donors (Lipinski definition) is 2. The van der Waals surface area contributed by atoms with Gasteiger partial charge in [0.25, 0.3) is 0 Å². The van der Waals surface area contributed by atoms with Crippen molar-refractivity contribution in [3.05, 3.63) is 22.1 Å². The van der Waals surface area contributed by atoms with Crippen LogP contribution < -0.4 is 11.1 Å². The summed E-state index contributed by atoms with van der Waals surface area (Å²) in [6.45, 7) is 2.34. The normalized spacial score (nSPS) is 11.7. The van der Waals surface area contributed by atoms with Gasteiger partial charge in [-0.25, -0.2) is 14.4 Å². The lowest BCUT2D eigenvalue weighted by Gasteiger charge is -2.11. The summed E-state index contributed by atoms with van der Waals surface area (Å²) in [6.07, 6.45) is 0. The number of hydrogen-bond acceptors (Lipinski definition) is 8. The van der Waals surface area contributed by atoms with E-state index in [4.69, 9.17) is 9.84 Å².